The summed E-state index contributed by atoms with van der Waals surface area (Å²) in [6.45, 7) is 0.0873. The summed E-state index contributed by atoms with van der Waals surface area (Å²) in [7, 11) is -5.95. The van der Waals surface area contributed by atoms with E-state index in [1.807, 2.05) is 0 Å². The number of alkyl halides is 2. The molecule has 0 spiro atoms. The summed E-state index contributed by atoms with van der Waals surface area (Å²) in [6, 6.07) is 12.0. The zero-order chi connectivity index (χ0) is 50.3. The Kier molecular flexibility index (Phi) is 22.9. The number of rotatable bonds is 27. The minimum atomic E-state index is -4.33. The van der Waals surface area contributed by atoms with E-state index in [-0.39, 0.29) is 74.4 Å². The van der Waals surface area contributed by atoms with Crippen LogP contribution >= 0.6 is 68.3 Å². The molecule has 4 aromatic carbocycles. The smallest absolute Gasteiger partial charge is 0.338 e. The lowest BCUT2D eigenvalue weighted by Crippen LogP contribution is -2.10. The molecule has 0 aromatic heterocycles. The fourth-order valence-electron chi connectivity index (χ4n) is 6.00. The van der Waals surface area contributed by atoms with Crippen molar-refractivity contribution in [1.82, 2.24) is 0 Å². The van der Waals surface area contributed by atoms with Crippen molar-refractivity contribution in [2.75, 3.05) is 47.7 Å². The number of carbonyl (C=O) groups is 2. The van der Waals surface area contributed by atoms with Crippen LogP contribution in [0.15, 0.2) is 58.3 Å². The second-order valence-electron chi connectivity index (χ2n) is 14.3. The average molecular weight is 1120 g/mol. The van der Waals surface area contributed by atoms with Gasteiger partial charge in [0.25, 0.3) is 20.2 Å². The van der Waals surface area contributed by atoms with Gasteiger partial charge in [-0.05, 0) is 85.4 Å². The highest BCUT2D eigenvalue weighted by atomic mass is 35.5. The number of hydrogen-bond donors (Lipinski definition) is 2. The predicted octanol–water partition coefficient (Wildman–Crippen LogP) is 11.8. The van der Waals surface area contributed by atoms with E-state index < -0.39 is 122 Å². The SMILES string of the molecule is O=C(OCCSSCCOC(=O)c1ccc(CCC(Cl)c2c(F)c(F)c(SCCCS(=O)(=O)O)c(F)c2F)cc1)c1ccc(CCC(Cl)c2c(F)c(F)c(SCCCS(=O)(=O)O)c(F)c2F)cc1. The molecule has 0 saturated heterocycles. The van der Waals surface area contributed by atoms with Crippen LogP contribution in [-0.2, 0) is 42.6 Å². The van der Waals surface area contributed by atoms with Gasteiger partial charge in [-0.2, -0.15) is 16.8 Å². The fraction of sp³-hybridized carbons (Fsp3) is 0.381. The summed E-state index contributed by atoms with van der Waals surface area (Å²) in [5, 5.41) is -2.95. The summed E-state index contributed by atoms with van der Waals surface area (Å²) in [5.74, 6) is -15.8. The molecule has 0 aliphatic carbocycles. The molecule has 2 N–H and O–H groups in total. The van der Waals surface area contributed by atoms with E-state index in [4.69, 9.17) is 41.8 Å². The summed E-state index contributed by atoms with van der Waals surface area (Å²) in [4.78, 5) is 23.1. The van der Waals surface area contributed by atoms with E-state index >= 15 is 0 Å². The highest BCUT2D eigenvalue weighted by Crippen LogP contribution is 2.40. The van der Waals surface area contributed by atoms with Crippen molar-refractivity contribution in [3.63, 3.8) is 0 Å². The molecule has 26 heteroatoms. The van der Waals surface area contributed by atoms with Gasteiger partial charge in [-0.15, -0.1) is 46.7 Å². The summed E-state index contributed by atoms with van der Waals surface area (Å²) in [5.41, 5.74) is -0.412. The number of thioether (sulfide) groups is 2. The van der Waals surface area contributed by atoms with E-state index in [1.54, 1.807) is 24.3 Å². The maximum absolute atomic E-state index is 14.8. The molecule has 0 aliphatic heterocycles. The van der Waals surface area contributed by atoms with E-state index in [2.05, 4.69) is 0 Å². The Bertz CT molecular complexity index is 2380. The van der Waals surface area contributed by atoms with Crippen LogP contribution in [0.25, 0.3) is 0 Å². The number of halogens is 10. The number of esters is 2. The van der Waals surface area contributed by atoms with Crippen molar-refractivity contribution in [2.45, 2.75) is 59.1 Å². The van der Waals surface area contributed by atoms with Gasteiger partial charge >= 0.3 is 11.9 Å². The molecule has 0 saturated carbocycles. The molecule has 4 rings (SSSR count). The zero-order valence-corrected chi connectivity index (χ0v) is 41.5. The zero-order valence-electron chi connectivity index (χ0n) is 35.1. The normalized spacial score (nSPS) is 12.8. The molecular formula is C42H40Cl2F8O10S6. The molecule has 10 nitrogen and oxygen atoms in total. The van der Waals surface area contributed by atoms with Gasteiger partial charge in [0.05, 0.1) is 43.2 Å². The molecule has 374 valence electrons. The Morgan fingerprint density at radius 2 is 0.824 bits per heavy atom. The molecule has 68 heavy (non-hydrogen) atoms. The first-order valence-electron chi connectivity index (χ1n) is 19.9. The Hall–Kier alpha value is -2.94. The minimum Gasteiger partial charge on any atom is -0.461 e. The van der Waals surface area contributed by atoms with Gasteiger partial charge < -0.3 is 9.47 Å². The third-order valence-electron chi connectivity index (χ3n) is 9.36. The van der Waals surface area contributed by atoms with E-state index in [0.29, 0.717) is 46.2 Å². The van der Waals surface area contributed by atoms with Crippen molar-refractivity contribution in [3.8, 4) is 0 Å². The highest BCUT2D eigenvalue weighted by Gasteiger charge is 2.31. The molecular weight excluding hydrogens is 1080 g/mol. The quantitative estimate of drug-likeness (QED) is 0.00848. The maximum atomic E-state index is 14.8. The summed E-state index contributed by atoms with van der Waals surface area (Å²) >= 11 is 13.1. The second-order valence-corrected chi connectivity index (χ2v) is 23.4. The van der Waals surface area contributed by atoms with Crippen molar-refractivity contribution < 1.29 is 80.1 Å². The predicted molar refractivity (Wildman–Crippen MR) is 248 cm³/mol. The van der Waals surface area contributed by atoms with Crippen molar-refractivity contribution in [1.29, 1.82) is 0 Å². The van der Waals surface area contributed by atoms with Crippen LogP contribution in [0.3, 0.4) is 0 Å². The topological polar surface area (TPSA) is 161 Å². The summed E-state index contributed by atoms with van der Waals surface area (Å²) < 4.78 is 189. The van der Waals surface area contributed by atoms with Gasteiger partial charge in [0.15, 0.2) is 46.5 Å². The van der Waals surface area contributed by atoms with Crippen LogP contribution in [-0.4, -0.2) is 85.6 Å². The number of aryl methyl sites for hydroxylation is 2. The Balaban J connectivity index is 1.12. The van der Waals surface area contributed by atoms with E-state index in [9.17, 15) is 61.5 Å². The lowest BCUT2D eigenvalue weighted by Gasteiger charge is -2.16. The Morgan fingerprint density at radius 3 is 1.12 bits per heavy atom. The molecule has 0 radical (unpaired) electrons. The van der Waals surface area contributed by atoms with Crippen LogP contribution < -0.4 is 0 Å². The first kappa shape index (κ1) is 57.6. The number of benzene rings is 4. The second kappa shape index (κ2) is 27.0. The van der Waals surface area contributed by atoms with Gasteiger partial charge in [-0.25, -0.2) is 44.7 Å². The molecule has 0 heterocycles. The van der Waals surface area contributed by atoms with E-state index in [0.717, 1.165) is 0 Å². The fourth-order valence-corrected chi connectivity index (χ4v) is 11.5. The Morgan fingerprint density at radius 1 is 0.515 bits per heavy atom. The highest BCUT2D eigenvalue weighted by molar-refractivity contribution is 8.76. The number of ether oxygens (including phenoxy) is 2. The van der Waals surface area contributed by atoms with Gasteiger partial charge in [-0.3, -0.25) is 9.11 Å². The van der Waals surface area contributed by atoms with Crippen LogP contribution in [0.4, 0.5) is 35.1 Å². The lowest BCUT2D eigenvalue weighted by atomic mass is 10.0. The number of hydrogen-bond acceptors (Lipinski definition) is 12. The van der Waals surface area contributed by atoms with Gasteiger partial charge in [0.2, 0.25) is 0 Å². The molecule has 2 atom stereocenters. The van der Waals surface area contributed by atoms with Crippen molar-refractivity contribution >= 4 is 100 Å². The maximum Gasteiger partial charge on any atom is 0.338 e. The van der Waals surface area contributed by atoms with Crippen LogP contribution in [0.2, 0.25) is 0 Å². The summed E-state index contributed by atoms with van der Waals surface area (Å²) in [6.07, 6.45) is -0.517. The first-order valence-corrected chi connectivity index (χ1v) is 28.5. The van der Waals surface area contributed by atoms with Crippen molar-refractivity contribution in [3.05, 3.63) is 128 Å². The van der Waals surface area contributed by atoms with Crippen molar-refractivity contribution in [2.24, 2.45) is 0 Å². The average Bonchev–Trinajstić information content (AvgIpc) is 3.28. The van der Waals surface area contributed by atoms with Crippen LogP contribution in [0.5, 0.6) is 0 Å². The lowest BCUT2D eigenvalue weighted by molar-refractivity contribution is 0.0520. The third kappa shape index (κ3) is 17.4. The van der Waals surface area contributed by atoms with Crippen LogP contribution in [0.1, 0.15) is 79.4 Å². The molecule has 2 unspecified atom stereocenters. The van der Waals surface area contributed by atoms with Gasteiger partial charge in [0, 0.05) is 22.6 Å². The Labute approximate surface area is 413 Å². The molecule has 0 amide bonds. The standard InChI is InChI=1S/C42H40Cl2F8O10S6/c43-27(29-31(45)35(49)39(36(50)32(29)46)63-17-1-21-67(55,56)57)13-7-23-3-9-25(10-4-23)41(53)61-15-19-65-66-20-16-62-42(54)26-11-5-24(6-12-26)8-14-28(44)30-33(47)37(51)40(38(52)34(30)48)64-18-2-22-68(58,59)60/h3-6,9-12,27-28H,1-2,7-8,13-22H2,(H,55,56,57)(H,58,59,60). The molecule has 0 bridgehead atoms. The van der Waals surface area contributed by atoms with E-state index in [1.165, 1.54) is 45.9 Å². The number of carbonyl (C=O) groups excluding carboxylic acids is 2. The third-order valence-corrected chi connectivity index (χ3v) is 16.5. The van der Waals surface area contributed by atoms with Gasteiger partial charge in [0.1, 0.15) is 13.2 Å². The molecule has 0 fully saturated rings. The largest absolute Gasteiger partial charge is 0.461 e. The monoisotopic (exact) mass is 1120 g/mol. The molecule has 4 aromatic rings. The minimum absolute atomic E-state index is 0.0437. The first-order chi connectivity index (χ1) is 32.0. The van der Waals surface area contributed by atoms with Crippen LogP contribution in [0, 0.1) is 46.5 Å². The van der Waals surface area contributed by atoms with Gasteiger partial charge in [-0.1, -0.05) is 45.9 Å². The molecule has 0 aliphatic rings.